The number of rotatable bonds is 2. The van der Waals surface area contributed by atoms with Crippen molar-refractivity contribution in [3.63, 3.8) is 0 Å². The Labute approximate surface area is 137 Å². The minimum Gasteiger partial charge on any atom is -0.399 e. The van der Waals surface area contributed by atoms with E-state index in [-0.39, 0.29) is 24.4 Å². The number of benzene rings is 2. The van der Waals surface area contributed by atoms with Crippen LogP contribution in [0.3, 0.4) is 0 Å². The van der Waals surface area contributed by atoms with Crippen LogP contribution < -0.4 is 11.1 Å². The quantitative estimate of drug-likeness (QED) is 0.828. The molecule has 4 heteroatoms. The number of hydrogen-bond donors (Lipinski definition) is 2. The largest absolute Gasteiger partial charge is 0.399 e. The van der Waals surface area contributed by atoms with Gasteiger partial charge in [0.25, 0.3) is 5.91 Å². The minimum absolute atomic E-state index is 0. The van der Waals surface area contributed by atoms with Crippen LogP contribution in [0.25, 0.3) is 0 Å². The van der Waals surface area contributed by atoms with Crippen molar-refractivity contribution in [2.45, 2.75) is 32.2 Å². The first kappa shape index (κ1) is 16.4. The first-order valence-electron chi connectivity index (χ1n) is 7.39. The summed E-state index contributed by atoms with van der Waals surface area (Å²) >= 11 is 0. The fourth-order valence-corrected chi connectivity index (χ4v) is 3.01. The van der Waals surface area contributed by atoms with E-state index in [1.54, 1.807) is 0 Å². The van der Waals surface area contributed by atoms with Gasteiger partial charge in [0.2, 0.25) is 0 Å². The average Bonchev–Trinajstić information content (AvgIpc) is 2.47. The van der Waals surface area contributed by atoms with E-state index in [0.717, 1.165) is 36.1 Å². The topological polar surface area (TPSA) is 55.1 Å². The highest BCUT2D eigenvalue weighted by molar-refractivity contribution is 5.94. The third-order valence-corrected chi connectivity index (χ3v) is 4.07. The van der Waals surface area contributed by atoms with E-state index < -0.39 is 0 Å². The van der Waals surface area contributed by atoms with Crippen LogP contribution in [0.5, 0.6) is 0 Å². The van der Waals surface area contributed by atoms with Crippen molar-refractivity contribution in [2.75, 3.05) is 5.73 Å². The maximum Gasteiger partial charge on any atom is 0.251 e. The molecule has 3 rings (SSSR count). The summed E-state index contributed by atoms with van der Waals surface area (Å²) in [6, 6.07) is 13.8. The van der Waals surface area contributed by atoms with E-state index in [2.05, 4.69) is 5.32 Å². The summed E-state index contributed by atoms with van der Waals surface area (Å²) in [6.45, 7) is 2.00. The number of fused-ring (bicyclic) bond motifs is 1. The Morgan fingerprint density at radius 2 is 2.05 bits per heavy atom. The summed E-state index contributed by atoms with van der Waals surface area (Å²) in [5.41, 5.74) is 10.9. The summed E-state index contributed by atoms with van der Waals surface area (Å²) in [5, 5.41) is 3.16. The summed E-state index contributed by atoms with van der Waals surface area (Å²) in [5.74, 6) is -0.00613. The van der Waals surface area contributed by atoms with Gasteiger partial charge >= 0.3 is 0 Å². The van der Waals surface area contributed by atoms with E-state index in [9.17, 15) is 4.79 Å². The van der Waals surface area contributed by atoms with Crippen LogP contribution in [-0.2, 0) is 6.42 Å². The summed E-state index contributed by atoms with van der Waals surface area (Å²) in [6.07, 6.45) is 3.10. The Balaban J connectivity index is 0.00000176. The van der Waals surface area contributed by atoms with Crippen LogP contribution in [0.4, 0.5) is 5.69 Å². The number of nitrogens with two attached hydrogens (primary N) is 1. The van der Waals surface area contributed by atoms with Crippen molar-refractivity contribution in [3.8, 4) is 0 Å². The molecule has 3 nitrogen and oxygen atoms in total. The fraction of sp³-hybridized carbons (Fsp3) is 0.278. The zero-order valence-electron chi connectivity index (χ0n) is 12.6. The van der Waals surface area contributed by atoms with E-state index in [1.165, 1.54) is 11.1 Å². The van der Waals surface area contributed by atoms with Crippen molar-refractivity contribution in [1.82, 2.24) is 5.32 Å². The Morgan fingerprint density at radius 1 is 1.23 bits per heavy atom. The molecule has 0 saturated carbocycles. The lowest BCUT2D eigenvalue weighted by atomic mass is 9.87. The van der Waals surface area contributed by atoms with E-state index in [0.29, 0.717) is 0 Å². The Kier molecular flexibility index (Phi) is 5.09. The monoisotopic (exact) mass is 316 g/mol. The SMILES string of the molecule is Cc1cccc(C(=O)NC2CCCc3cc(N)ccc32)c1.Cl. The molecule has 0 spiro atoms. The van der Waals surface area contributed by atoms with Crippen LogP contribution in [0, 0.1) is 6.92 Å². The van der Waals surface area contributed by atoms with Gasteiger partial charge in [-0.15, -0.1) is 12.4 Å². The van der Waals surface area contributed by atoms with Crippen LogP contribution in [0.1, 0.15) is 45.9 Å². The molecular weight excluding hydrogens is 296 g/mol. The standard InChI is InChI=1S/C18H20N2O.ClH/c1-12-4-2-6-14(10-12)18(21)20-17-7-3-5-13-11-15(19)8-9-16(13)17;/h2,4,6,8-11,17H,3,5,7,19H2,1H3,(H,20,21);1H. The Hall–Kier alpha value is -2.00. The predicted molar refractivity (Wildman–Crippen MR) is 92.4 cm³/mol. The van der Waals surface area contributed by atoms with E-state index >= 15 is 0 Å². The lowest BCUT2D eigenvalue weighted by Crippen LogP contribution is -2.31. The molecule has 2 aromatic carbocycles. The number of halogens is 1. The molecule has 1 unspecified atom stereocenters. The number of hydrogen-bond acceptors (Lipinski definition) is 2. The molecule has 1 aliphatic rings. The molecule has 0 radical (unpaired) electrons. The second-order valence-electron chi connectivity index (χ2n) is 5.75. The number of aryl methyl sites for hydroxylation is 2. The highest BCUT2D eigenvalue weighted by atomic mass is 35.5. The van der Waals surface area contributed by atoms with Gasteiger partial charge in [0.15, 0.2) is 0 Å². The predicted octanol–water partition coefficient (Wildman–Crippen LogP) is 3.81. The molecule has 0 aromatic heterocycles. The molecule has 1 amide bonds. The Morgan fingerprint density at radius 3 is 2.82 bits per heavy atom. The third-order valence-electron chi connectivity index (χ3n) is 4.07. The Bertz CT molecular complexity index is 685. The average molecular weight is 317 g/mol. The number of carbonyl (C=O) groups is 1. The second-order valence-corrected chi connectivity index (χ2v) is 5.75. The maximum atomic E-state index is 12.4. The molecule has 3 N–H and O–H groups in total. The number of carbonyl (C=O) groups excluding carboxylic acids is 1. The van der Waals surface area contributed by atoms with Crippen LogP contribution in [-0.4, -0.2) is 5.91 Å². The molecule has 1 atom stereocenters. The highest BCUT2D eigenvalue weighted by Crippen LogP contribution is 2.31. The summed E-state index contributed by atoms with van der Waals surface area (Å²) < 4.78 is 0. The smallest absolute Gasteiger partial charge is 0.251 e. The van der Waals surface area contributed by atoms with Gasteiger partial charge in [0.1, 0.15) is 0 Å². The first-order valence-corrected chi connectivity index (χ1v) is 7.39. The van der Waals surface area contributed by atoms with Gasteiger partial charge in [-0.2, -0.15) is 0 Å². The number of anilines is 1. The number of amides is 1. The lowest BCUT2D eigenvalue weighted by Gasteiger charge is -2.26. The van der Waals surface area contributed by atoms with Crippen molar-refractivity contribution in [1.29, 1.82) is 0 Å². The van der Waals surface area contributed by atoms with Crippen molar-refractivity contribution in [3.05, 3.63) is 64.7 Å². The zero-order chi connectivity index (χ0) is 14.8. The fourth-order valence-electron chi connectivity index (χ4n) is 3.01. The molecule has 2 aromatic rings. The normalized spacial score (nSPS) is 16.3. The number of nitrogens with one attached hydrogen (secondary N) is 1. The van der Waals surface area contributed by atoms with Crippen LogP contribution in [0.2, 0.25) is 0 Å². The van der Waals surface area contributed by atoms with Gasteiger partial charge in [-0.25, -0.2) is 0 Å². The third kappa shape index (κ3) is 3.42. The van der Waals surface area contributed by atoms with E-state index in [1.807, 2.05) is 49.4 Å². The van der Waals surface area contributed by atoms with Crippen molar-refractivity contribution in [2.24, 2.45) is 0 Å². The van der Waals surface area contributed by atoms with Gasteiger partial charge in [-0.05, 0) is 61.6 Å². The van der Waals surface area contributed by atoms with Crippen LogP contribution in [0.15, 0.2) is 42.5 Å². The van der Waals surface area contributed by atoms with Gasteiger partial charge in [0, 0.05) is 11.3 Å². The lowest BCUT2D eigenvalue weighted by molar-refractivity contribution is 0.0932. The van der Waals surface area contributed by atoms with E-state index in [4.69, 9.17) is 5.73 Å². The minimum atomic E-state index is -0.00613. The van der Waals surface area contributed by atoms with Crippen molar-refractivity contribution < 1.29 is 4.79 Å². The van der Waals surface area contributed by atoms with Crippen molar-refractivity contribution >= 4 is 24.0 Å². The van der Waals surface area contributed by atoms with Gasteiger partial charge in [0.05, 0.1) is 6.04 Å². The molecule has 0 fully saturated rings. The molecule has 0 aliphatic heterocycles. The van der Waals surface area contributed by atoms with Gasteiger partial charge < -0.3 is 11.1 Å². The molecular formula is C18H21ClN2O. The molecule has 0 bridgehead atoms. The first-order chi connectivity index (χ1) is 10.1. The molecule has 1 aliphatic carbocycles. The zero-order valence-corrected chi connectivity index (χ0v) is 13.5. The molecule has 22 heavy (non-hydrogen) atoms. The van der Waals surface area contributed by atoms with Gasteiger partial charge in [-0.1, -0.05) is 23.8 Å². The van der Waals surface area contributed by atoms with Gasteiger partial charge in [-0.3, -0.25) is 4.79 Å². The second kappa shape index (κ2) is 6.84. The highest BCUT2D eigenvalue weighted by Gasteiger charge is 2.22. The molecule has 116 valence electrons. The number of nitrogen functional groups attached to an aromatic ring is 1. The molecule has 0 saturated heterocycles. The van der Waals surface area contributed by atoms with Crippen LogP contribution >= 0.6 is 12.4 Å². The maximum absolute atomic E-state index is 12.4. The summed E-state index contributed by atoms with van der Waals surface area (Å²) in [4.78, 5) is 12.4. The summed E-state index contributed by atoms with van der Waals surface area (Å²) in [7, 11) is 0. The molecule has 0 heterocycles.